The summed E-state index contributed by atoms with van der Waals surface area (Å²) in [6.45, 7) is 9.76. The van der Waals surface area contributed by atoms with Gasteiger partial charge in [0, 0.05) is 13.1 Å². The van der Waals surface area contributed by atoms with E-state index < -0.39 is 6.04 Å². The number of hydrogen-bond donors (Lipinski definition) is 2. The lowest BCUT2D eigenvalue weighted by Gasteiger charge is -2.23. The van der Waals surface area contributed by atoms with Crippen LogP contribution in [0.25, 0.3) is 0 Å². The van der Waals surface area contributed by atoms with Gasteiger partial charge >= 0.3 is 0 Å². The molecule has 1 heterocycles. The normalized spacial score (nSPS) is 24.6. The van der Waals surface area contributed by atoms with Gasteiger partial charge in [0.2, 0.25) is 11.8 Å². The number of carbonyl (C=O) groups excluding carboxylic acids is 2. The molecule has 5 nitrogen and oxygen atoms in total. The van der Waals surface area contributed by atoms with Gasteiger partial charge in [0.1, 0.15) is 0 Å². The van der Waals surface area contributed by atoms with E-state index in [9.17, 15) is 9.59 Å². The summed E-state index contributed by atoms with van der Waals surface area (Å²) in [5.41, 5.74) is 5.96. The van der Waals surface area contributed by atoms with Crippen LogP contribution in [0.3, 0.4) is 0 Å². The van der Waals surface area contributed by atoms with E-state index in [1.165, 1.54) is 0 Å². The van der Waals surface area contributed by atoms with Crippen molar-refractivity contribution in [1.29, 1.82) is 0 Å². The van der Waals surface area contributed by atoms with E-state index in [2.05, 4.69) is 19.2 Å². The molecule has 1 rings (SSSR count). The third-order valence-electron chi connectivity index (χ3n) is 4.20. The molecule has 110 valence electrons. The lowest BCUT2D eigenvalue weighted by Crippen LogP contribution is -2.47. The van der Waals surface area contributed by atoms with Crippen molar-refractivity contribution < 1.29 is 9.59 Å². The standard InChI is InChI=1S/C14H27N3O2/c1-5-14(4)6-7-17(9-14)11(18)8-16-13(19)12(15)10(2)3/h10,12H,5-9,15H2,1-4H3,(H,16,19)/t12-,14?/m0/s1. The molecule has 0 radical (unpaired) electrons. The molecule has 1 aliphatic heterocycles. The number of rotatable bonds is 5. The third-order valence-corrected chi connectivity index (χ3v) is 4.20. The van der Waals surface area contributed by atoms with E-state index in [-0.39, 0.29) is 29.7 Å². The summed E-state index contributed by atoms with van der Waals surface area (Å²) >= 11 is 0. The second kappa shape index (κ2) is 6.37. The van der Waals surface area contributed by atoms with Crippen LogP contribution in [-0.2, 0) is 9.59 Å². The zero-order chi connectivity index (χ0) is 14.6. The summed E-state index contributed by atoms with van der Waals surface area (Å²) in [6, 6.07) is -0.549. The first-order chi connectivity index (χ1) is 8.79. The van der Waals surface area contributed by atoms with Gasteiger partial charge in [0.15, 0.2) is 0 Å². The maximum atomic E-state index is 12.0. The molecule has 2 amide bonds. The molecule has 19 heavy (non-hydrogen) atoms. The number of nitrogens with two attached hydrogens (primary N) is 1. The molecule has 0 aromatic rings. The molecular formula is C14H27N3O2. The maximum Gasteiger partial charge on any atom is 0.241 e. The quantitative estimate of drug-likeness (QED) is 0.773. The third kappa shape index (κ3) is 4.20. The Labute approximate surface area is 115 Å². The van der Waals surface area contributed by atoms with Crippen LogP contribution < -0.4 is 11.1 Å². The minimum Gasteiger partial charge on any atom is -0.346 e. The fourth-order valence-electron chi connectivity index (χ4n) is 2.22. The second-order valence-electron chi connectivity index (χ2n) is 6.22. The van der Waals surface area contributed by atoms with Crippen molar-refractivity contribution in [2.45, 2.75) is 46.6 Å². The fraction of sp³-hybridized carbons (Fsp3) is 0.857. The summed E-state index contributed by atoms with van der Waals surface area (Å²) in [5.74, 6) is -0.187. The topological polar surface area (TPSA) is 75.4 Å². The van der Waals surface area contributed by atoms with Gasteiger partial charge in [-0.2, -0.15) is 0 Å². The predicted octanol–water partition coefficient (Wildman–Crippen LogP) is 0.735. The molecule has 1 fully saturated rings. The first-order valence-electron chi connectivity index (χ1n) is 7.10. The summed E-state index contributed by atoms with van der Waals surface area (Å²) in [7, 11) is 0. The van der Waals surface area contributed by atoms with E-state index in [1.807, 2.05) is 18.7 Å². The average Bonchev–Trinajstić information content (AvgIpc) is 2.78. The van der Waals surface area contributed by atoms with Gasteiger partial charge in [-0.05, 0) is 24.2 Å². The largest absolute Gasteiger partial charge is 0.346 e. The lowest BCUT2D eigenvalue weighted by atomic mass is 9.87. The molecule has 1 saturated heterocycles. The van der Waals surface area contributed by atoms with E-state index in [0.717, 1.165) is 25.9 Å². The molecule has 0 aromatic carbocycles. The predicted molar refractivity (Wildman–Crippen MR) is 75.4 cm³/mol. The number of carbonyl (C=O) groups is 2. The van der Waals surface area contributed by atoms with Gasteiger partial charge in [-0.15, -0.1) is 0 Å². The maximum absolute atomic E-state index is 12.0. The van der Waals surface area contributed by atoms with Crippen molar-refractivity contribution in [3.63, 3.8) is 0 Å². The molecule has 1 aliphatic rings. The Hall–Kier alpha value is -1.10. The van der Waals surface area contributed by atoms with Crippen LogP contribution in [-0.4, -0.2) is 42.4 Å². The number of nitrogens with zero attached hydrogens (tertiary/aromatic N) is 1. The van der Waals surface area contributed by atoms with Crippen molar-refractivity contribution in [1.82, 2.24) is 10.2 Å². The highest BCUT2D eigenvalue weighted by molar-refractivity contribution is 5.87. The highest BCUT2D eigenvalue weighted by Crippen LogP contribution is 2.32. The molecule has 0 aromatic heterocycles. The van der Waals surface area contributed by atoms with Crippen LogP contribution in [0.4, 0.5) is 0 Å². The molecular weight excluding hydrogens is 242 g/mol. The van der Waals surface area contributed by atoms with Gasteiger partial charge < -0.3 is 16.0 Å². The Balaban J connectivity index is 2.39. The van der Waals surface area contributed by atoms with Gasteiger partial charge in [-0.3, -0.25) is 9.59 Å². The molecule has 0 aliphatic carbocycles. The highest BCUT2D eigenvalue weighted by atomic mass is 16.2. The van der Waals surface area contributed by atoms with Gasteiger partial charge in [0.25, 0.3) is 0 Å². The van der Waals surface area contributed by atoms with Crippen LogP contribution in [0.15, 0.2) is 0 Å². The minimum absolute atomic E-state index is 0.0125. The number of amides is 2. The van der Waals surface area contributed by atoms with Crippen molar-refractivity contribution in [3.05, 3.63) is 0 Å². The zero-order valence-electron chi connectivity index (χ0n) is 12.5. The molecule has 0 bridgehead atoms. The van der Waals surface area contributed by atoms with Crippen molar-refractivity contribution >= 4 is 11.8 Å². The molecule has 0 spiro atoms. The summed E-state index contributed by atoms with van der Waals surface area (Å²) in [4.78, 5) is 25.5. The minimum atomic E-state index is -0.549. The Kier molecular flexibility index (Phi) is 5.35. The lowest BCUT2D eigenvalue weighted by molar-refractivity contribution is -0.132. The van der Waals surface area contributed by atoms with Crippen molar-refractivity contribution in [2.24, 2.45) is 17.1 Å². The van der Waals surface area contributed by atoms with E-state index in [4.69, 9.17) is 5.73 Å². The van der Waals surface area contributed by atoms with Crippen LogP contribution in [0.5, 0.6) is 0 Å². The summed E-state index contributed by atoms with van der Waals surface area (Å²) in [5, 5.41) is 2.63. The Morgan fingerprint density at radius 1 is 1.42 bits per heavy atom. The molecule has 5 heteroatoms. The fourth-order valence-corrected chi connectivity index (χ4v) is 2.22. The first kappa shape index (κ1) is 16.0. The van der Waals surface area contributed by atoms with Crippen LogP contribution >= 0.6 is 0 Å². The van der Waals surface area contributed by atoms with Crippen LogP contribution in [0, 0.1) is 11.3 Å². The SMILES string of the molecule is CCC1(C)CCN(C(=O)CNC(=O)[C@@H](N)C(C)C)C1. The van der Waals surface area contributed by atoms with E-state index >= 15 is 0 Å². The van der Waals surface area contributed by atoms with Gasteiger partial charge in [0.05, 0.1) is 12.6 Å². The van der Waals surface area contributed by atoms with E-state index in [0.29, 0.717) is 0 Å². The van der Waals surface area contributed by atoms with Crippen molar-refractivity contribution in [3.8, 4) is 0 Å². The molecule has 3 N–H and O–H groups in total. The Bertz CT molecular complexity index is 344. The van der Waals surface area contributed by atoms with Crippen LogP contribution in [0.1, 0.15) is 40.5 Å². The highest BCUT2D eigenvalue weighted by Gasteiger charge is 2.34. The van der Waals surface area contributed by atoms with Crippen LogP contribution in [0.2, 0.25) is 0 Å². The first-order valence-corrected chi connectivity index (χ1v) is 7.10. The second-order valence-corrected chi connectivity index (χ2v) is 6.22. The Morgan fingerprint density at radius 3 is 2.53 bits per heavy atom. The monoisotopic (exact) mass is 269 g/mol. The van der Waals surface area contributed by atoms with E-state index in [1.54, 1.807) is 0 Å². The molecule has 2 atom stereocenters. The summed E-state index contributed by atoms with van der Waals surface area (Å²) in [6.07, 6.45) is 2.11. The number of nitrogens with one attached hydrogen (secondary N) is 1. The number of hydrogen-bond acceptors (Lipinski definition) is 3. The molecule has 1 unspecified atom stereocenters. The smallest absolute Gasteiger partial charge is 0.241 e. The number of likely N-dealkylation sites (tertiary alicyclic amines) is 1. The van der Waals surface area contributed by atoms with Crippen molar-refractivity contribution in [2.75, 3.05) is 19.6 Å². The Morgan fingerprint density at radius 2 is 2.05 bits per heavy atom. The average molecular weight is 269 g/mol. The van der Waals surface area contributed by atoms with Gasteiger partial charge in [-0.1, -0.05) is 27.7 Å². The molecule has 0 saturated carbocycles. The van der Waals surface area contributed by atoms with Gasteiger partial charge in [-0.25, -0.2) is 0 Å². The summed E-state index contributed by atoms with van der Waals surface area (Å²) < 4.78 is 0. The zero-order valence-corrected chi connectivity index (χ0v) is 12.5.